The number of carboxylic acids is 1. The van der Waals surface area contributed by atoms with Crippen molar-refractivity contribution >= 4 is 22.6 Å². The van der Waals surface area contributed by atoms with E-state index < -0.39 is 5.97 Å². The lowest BCUT2D eigenvalue weighted by molar-refractivity contribution is 0.0696. The van der Waals surface area contributed by atoms with E-state index in [1.165, 1.54) is 0 Å². The molecule has 24 heavy (non-hydrogen) atoms. The van der Waals surface area contributed by atoms with E-state index >= 15 is 0 Å². The first-order valence-corrected chi connectivity index (χ1v) is 8.62. The number of aryl methyl sites for hydroxylation is 1. The zero-order valence-electron chi connectivity index (χ0n) is 14.2. The van der Waals surface area contributed by atoms with Crippen molar-refractivity contribution in [1.29, 1.82) is 0 Å². The Labute approximate surface area is 141 Å². The van der Waals surface area contributed by atoms with E-state index in [9.17, 15) is 9.90 Å². The van der Waals surface area contributed by atoms with Gasteiger partial charge in [-0.1, -0.05) is 19.9 Å². The summed E-state index contributed by atoms with van der Waals surface area (Å²) in [4.78, 5) is 16.1. The number of carbonyl (C=O) groups is 1. The van der Waals surface area contributed by atoms with Crippen molar-refractivity contribution in [1.82, 2.24) is 4.98 Å². The number of anilines is 1. The Morgan fingerprint density at radius 1 is 1.33 bits per heavy atom. The Morgan fingerprint density at radius 2 is 2.04 bits per heavy atom. The highest BCUT2D eigenvalue weighted by atomic mass is 16.5. The van der Waals surface area contributed by atoms with Crippen LogP contribution in [0.15, 0.2) is 18.2 Å². The summed E-state index contributed by atoms with van der Waals surface area (Å²) in [5.41, 5.74) is 7.77. The quantitative estimate of drug-likeness (QED) is 0.885. The number of carboxylic acid groups (broad SMARTS) is 1. The summed E-state index contributed by atoms with van der Waals surface area (Å²) < 4.78 is 6.19. The Balaban J connectivity index is 2.05. The summed E-state index contributed by atoms with van der Waals surface area (Å²) in [7, 11) is 0. The van der Waals surface area contributed by atoms with Gasteiger partial charge in [-0.3, -0.25) is 4.98 Å². The second-order valence-corrected chi connectivity index (χ2v) is 6.66. The molecule has 128 valence electrons. The van der Waals surface area contributed by atoms with Gasteiger partial charge in [-0.05, 0) is 50.2 Å². The Hall–Kier alpha value is -2.30. The van der Waals surface area contributed by atoms with Crippen LogP contribution in [0.2, 0.25) is 0 Å². The average molecular weight is 328 g/mol. The molecule has 3 N–H and O–H groups in total. The summed E-state index contributed by atoms with van der Waals surface area (Å²) >= 11 is 0. The molecule has 0 unspecified atom stereocenters. The van der Waals surface area contributed by atoms with Gasteiger partial charge in [0.25, 0.3) is 0 Å². The van der Waals surface area contributed by atoms with Gasteiger partial charge in [-0.15, -0.1) is 0 Å². The molecule has 1 aromatic carbocycles. The largest absolute Gasteiger partial charge is 0.490 e. The number of nitrogen functional groups attached to an aromatic ring is 1. The van der Waals surface area contributed by atoms with Gasteiger partial charge in [0, 0.05) is 0 Å². The molecule has 1 saturated carbocycles. The molecule has 0 aliphatic heterocycles. The molecule has 0 amide bonds. The lowest BCUT2D eigenvalue weighted by Crippen LogP contribution is -2.23. The molecular formula is C19H24N2O3. The number of pyridine rings is 1. The van der Waals surface area contributed by atoms with E-state index in [0.717, 1.165) is 31.6 Å². The number of fused-ring (bicyclic) bond motifs is 1. The number of nitrogens with two attached hydrogens (primary N) is 1. The number of ether oxygens (including phenoxy) is 1. The van der Waals surface area contributed by atoms with Crippen LogP contribution in [0.1, 0.15) is 55.6 Å². The van der Waals surface area contributed by atoms with Crippen LogP contribution in [-0.2, 0) is 6.42 Å². The fourth-order valence-electron chi connectivity index (χ4n) is 3.48. The van der Waals surface area contributed by atoms with Crippen molar-refractivity contribution in [2.45, 2.75) is 52.1 Å². The lowest BCUT2D eigenvalue weighted by atomic mass is 9.89. The molecule has 3 rings (SSSR count). The van der Waals surface area contributed by atoms with Crippen molar-refractivity contribution in [3.05, 3.63) is 29.5 Å². The van der Waals surface area contributed by atoms with Gasteiger partial charge < -0.3 is 15.6 Å². The molecule has 1 aromatic heterocycles. The third kappa shape index (κ3) is 3.03. The van der Waals surface area contributed by atoms with Crippen molar-refractivity contribution < 1.29 is 14.6 Å². The number of benzene rings is 1. The van der Waals surface area contributed by atoms with Crippen molar-refractivity contribution in [2.75, 3.05) is 5.73 Å². The van der Waals surface area contributed by atoms with E-state index in [-0.39, 0.29) is 17.4 Å². The second-order valence-electron chi connectivity index (χ2n) is 6.66. The van der Waals surface area contributed by atoms with E-state index in [1.54, 1.807) is 0 Å². The highest BCUT2D eigenvalue weighted by molar-refractivity contribution is 6.06. The molecule has 1 fully saturated rings. The van der Waals surface area contributed by atoms with Crippen LogP contribution in [0.5, 0.6) is 5.75 Å². The third-order valence-corrected chi connectivity index (χ3v) is 4.89. The molecule has 0 radical (unpaired) electrons. The molecule has 0 bridgehead atoms. The maximum Gasteiger partial charge on any atom is 0.339 e. The van der Waals surface area contributed by atoms with Crippen molar-refractivity contribution in [2.24, 2.45) is 5.92 Å². The van der Waals surface area contributed by atoms with E-state index in [4.69, 9.17) is 10.5 Å². The molecular weight excluding hydrogens is 304 g/mol. The summed E-state index contributed by atoms with van der Waals surface area (Å²) in [6.07, 6.45) is 5.03. The van der Waals surface area contributed by atoms with Gasteiger partial charge in [-0.25, -0.2) is 4.79 Å². The predicted molar refractivity (Wildman–Crippen MR) is 94.5 cm³/mol. The lowest BCUT2D eigenvalue weighted by Gasteiger charge is -2.27. The van der Waals surface area contributed by atoms with E-state index in [1.807, 2.05) is 25.1 Å². The van der Waals surface area contributed by atoms with Crippen LogP contribution in [-0.4, -0.2) is 22.2 Å². The fraction of sp³-hybridized carbons (Fsp3) is 0.474. The standard InChI is InChI=1S/C19H24N2O3/c1-3-13-17(19(22)23)18(20)16-14(21-13)5-4-6-15(16)24-12-9-7-11(2)8-10-12/h4-6,11-12H,3,7-10H2,1-2H3,(H2,20,21)(H,22,23)/t11-,12+. The predicted octanol–water partition coefficient (Wildman–Crippen LogP) is 4.04. The number of hydrogen-bond acceptors (Lipinski definition) is 4. The summed E-state index contributed by atoms with van der Waals surface area (Å²) in [5, 5.41) is 10.1. The normalized spacial score (nSPS) is 20.9. The van der Waals surface area contributed by atoms with Crippen molar-refractivity contribution in [3.8, 4) is 5.75 Å². The Morgan fingerprint density at radius 3 is 2.67 bits per heavy atom. The topological polar surface area (TPSA) is 85.4 Å². The van der Waals surface area contributed by atoms with Crippen LogP contribution in [0.25, 0.3) is 10.9 Å². The number of rotatable bonds is 4. The van der Waals surface area contributed by atoms with Gasteiger partial charge in [0.05, 0.1) is 28.4 Å². The minimum absolute atomic E-state index is 0.0957. The molecule has 1 aliphatic carbocycles. The first-order chi connectivity index (χ1) is 11.5. The smallest absolute Gasteiger partial charge is 0.339 e. The monoisotopic (exact) mass is 328 g/mol. The average Bonchev–Trinajstić information content (AvgIpc) is 2.56. The number of nitrogens with zero attached hydrogens (tertiary/aromatic N) is 1. The summed E-state index contributed by atoms with van der Waals surface area (Å²) in [6.45, 7) is 4.14. The highest BCUT2D eigenvalue weighted by Gasteiger charge is 2.23. The number of hydrogen-bond donors (Lipinski definition) is 2. The van der Waals surface area contributed by atoms with Crippen LogP contribution >= 0.6 is 0 Å². The van der Waals surface area contributed by atoms with Gasteiger partial charge >= 0.3 is 5.97 Å². The summed E-state index contributed by atoms with van der Waals surface area (Å²) in [6, 6.07) is 5.59. The van der Waals surface area contributed by atoms with Crippen LogP contribution in [0.4, 0.5) is 5.69 Å². The van der Waals surface area contributed by atoms with Gasteiger partial charge in [0.2, 0.25) is 0 Å². The molecule has 1 aliphatic rings. The zero-order valence-corrected chi connectivity index (χ0v) is 14.2. The zero-order chi connectivity index (χ0) is 17.3. The minimum atomic E-state index is -1.04. The molecule has 1 heterocycles. The van der Waals surface area contributed by atoms with E-state index in [2.05, 4.69) is 11.9 Å². The van der Waals surface area contributed by atoms with Crippen LogP contribution in [0.3, 0.4) is 0 Å². The SMILES string of the molecule is CCc1nc2cccc(O[C@H]3CC[C@@H](C)CC3)c2c(N)c1C(=O)O. The second kappa shape index (κ2) is 6.67. The van der Waals surface area contributed by atoms with Gasteiger partial charge in [-0.2, -0.15) is 0 Å². The molecule has 0 saturated heterocycles. The molecule has 0 atom stereocenters. The summed E-state index contributed by atoms with van der Waals surface area (Å²) in [5.74, 6) is 0.345. The van der Waals surface area contributed by atoms with Crippen LogP contribution in [0, 0.1) is 5.92 Å². The molecule has 5 nitrogen and oxygen atoms in total. The number of aromatic carboxylic acids is 1. The maximum atomic E-state index is 11.6. The van der Waals surface area contributed by atoms with Gasteiger partial charge in [0.15, 0.2) is 0 Å². The first kappa shape index (κ1) is 16.6. The highest BCUT2D eigenvalue weighted by Crippen LogP contribution is 2.36. The molecule has 5 heteroatoms. The molecule has 2 aromatic rings. The maximum absolute atomic E-state index is 11.6. The minimum Gasteiger partial charge on any atom is -0.490 e. The van der Waals surface area contributed by atoms with E-state index in [0.29, 0.717) is 28.8 Å². The Bertz CT molecular complexity index is 765. The molecule has 0 spiro atoms. The van der Waals surface area contributed by atoms with Crippen molar-refractivity contribution in [3.63, 3.8) is 0 Å². The van der Waals surface area contributed by atoms with Gasteiger partial charge in [0.1, 0.15) is 11.3 Å². The first-order valence-electron chi connectivity index (χ1n) is 8.62. The Kier molecular flexibility index (Phi) is 4.60. The number of aromatic nitrogens is 1. The third-order valence-electron chi connectivity index (χ3n) is 4.89. The van der Waals surface area contributed by atoms with Crippen LogP contribution < -0.4 is 10.5 Å². The fourth-order valence-corrected chi connectivity index (χ4v) is 3.48.